The number of H-pyrrole nitrogens is 2. The Morgan fingerprint density at radius 2 is 1.26 bits per heavy atom. The summed E-state index contributed by atoms with van der Waals surface area (Å²) in [4.78, 5) is 10.6. The number of rotatable bonds is 7. The summed E-state index contributed by atoms with van der Waals surface area (Å²) >= 11 is 0. The number of aromatic amines is 2. The molecule has 4 aromatic rings. The highest BCUT2D eigenvalue weighted by molar-refractivity contribution is 6.05. The molecule has 2 aromatic carbocycles. The van der Waals surface area contributed by atoms with Gasteiger partial charge in [0, 0.05) is 47.4 Å². The van der Waals surface area contributed by atoms with Gasteiger partial charge in [0.05, 0.1) is 11.0 Å². The van der Waals surface area contributed by atoms with E-state index in [1.807, 2.05) is 40.6 Å². The molecule has 0 radical (unpaired) electrons. The number of benzene rings is 2. The van der Waals surface area contributed by atoms with Crippen molar-refractivity contribution in [2.75, 3.05) is 41.3 Å². The molecule has 0 saturated carbocycles. The molecule has 7 heteroatoms. The lowest BCUT2D eigenvalue weighted by Gasteiger charge is -2.12. The first-order valence-electron chi connectivity index (χ1n) is 10.4. The lowest BCUT2D eigenvalue weighted by Crippen LogP contribution is -2.14. The van der Waals surface area contributed by atoms with Crippen LogP contribution in [-0.4, -0.2) is 76.4 Å². The molecule has 0 saturated heterocycles. The van der Waals surface area contributed by atoms with Gasteiger partial charge in [-0.2, -0.15) is 0 Å². The molecular weight excluding hydrogens is 392 g/mol. The number of aromatic nitrogens is 2. The Balaban J connectivity index is 1.84. The van der Waals surface area contributed by atoms with Gasteiger partial charge in [-0.15, -0.1) is 0 Å². The molecule has 0 fully saturated rings. The third kappa shape index (κ3) is 3.82. The van der Waals surface area contributed by atoms with Crippen molar-refractivity contribution < 1.29 is 15.3 Å². The summed E-state index contributed by atoms with van der Waals surface area (Å²) in [6.07, 6.45) is 5.29. The van der Waals surface area contributed by atoms with Gasteiger partial charge < -0.3 is 35.1 Å². The van der Waals surface area contributed by atoms with Crippen molar-refractivity contribution >= 4 is 21.8 Å². The molecule has 0 aliphatic heterocycles. The Labute approximate surface area is 181 Å². The van der Waals surface area contributed by atoms with E-state index in [2.05, 4.69) is 19.8 Å². The van der Waals surface area contributed by atoms with Crippen LogP contribution in [0.1, 0.15) is 11.1 Å². The van der Waals surface area contributed by atoms with Crippen LogP contribution < -0.4 is 0 Å². The lowest BCUT2D eigenvalue weighted by atomic mass is 9.97. The van der Waals surface area contributed by atoms with E-state index < -0.39 is 0 Å². The zero-order valence-electron chi connectivity index (χ0n) is 18.5. The van der Waals surface area contributed by atoms with Crippen molar-refractivity contribution in [3.8, 4) is 28.4 Å². The number of likely N-dealkylation sites (N-methyl/N-ethyl adjacent to an activating group) is 2. The van der Waals surface area contributed by atoms with Crippen molar-refractivity contribution in [3.05, 3.63) is 41.7 Å². The first kappa shape index (κ1) is 21.1. The molecule has 2 heterocycles. The summed E-state index contributed by atoms with van der Waals surface area (Å²) in [5.74, 6) is 0.406. The molecule has 5 N–H and O–H groups in total. The van der Waals surface area contributed by atoms with E-state index in [9.17, 15) is 15.3 Å². The fraction of sp³-hybridized carbons (Fsp3) is 0.333. The zero-order chi connectivity index (χ0) is 22.3. The maximum absolute atomic E-state index is 11.1. The molecular formula is C24H30N4O3. The van der Waals surface area contributed by atoms with Crippen LogP contribution in [0.4, 0.5) is 0 Å². The van der Waals surface area contributed by atoms with E-state index >= 15 is 0 Å². The smallest absolute Gasteiger partial charge is 0.147 e. The SMILES string of the molecule is CN(C)CCc1c[nH]c2c(-c3cc(O)c4c(CCN(C)C)c[nH]c4c3O)ccc(O)c12. The number of nitrogens with zero attached hydrogens (tertiary/aromatic N) is 2. The molecule has 31 heavy (non-hydrogen) atoms. The summed E-state index contributed by atoms with van der Waals surface area (Å²) in [7, 11) is 8.03. The van der Waals surface area contributed by atoms with Gasteiger partial charge in [0.25, 0.3) is 0 Å². The minimum atomic E-state index is 0.0836. The van der Waals surface area contributed by atoms with Crippen LogP contribution in [0.25, 0.3) is 32.9 Å². The molecule has 0 atom stereocenters. The minimum Gasteiger partial charge on any atom is -0.507 e. The van der Waals surface area contributed by atoms with Crippen LogP contribution in [0, 0.1) is 0 Å². The largest absolute Gasteiger partial charge is 0.507 e. The highest BCUT2D eigenvalue weighted by Gasteiger charge is 2.20. The van der Waals surface area contributed by atoms with Gasteiger partial charge in [-0.1, -0.05) is 0 Å². The average Bonchev–Trinajstić information content (AvgIpc) is 3.33. The molecule has 2 aromatic heterocycles. The summed E-state index contributed by atoms with van der Waals surface area (Å²) < 4.78 is 0. The topological polar surface area (TPSA) is 98.8 Å². The maximum atomic E-state index is 11.1. The van der Waals surface area contributed by atoms with Gasteiger partial charge >= 0.3 is 0 Å². The van der Waals surface area contributed by atoms with E-state index in [-0.39, 0.29) is 17.2 Å². The number of aromatic hydroxyl groups is 3. The molecule has 7 nitrogen and oxygen atoms in total. The standard InChI is InChI=1S/C24H30N4O3/c1-27(2)9-7-14-12-25-22-16(5-6-18(29)20(14)22)17-11-19(30)21-15(8-10-28(3)4)13-26-23(21)24(17)31/h5-6,11-13,25-26,29-31H,7-10H2,1-4H3. The fourth-order valence-corrected chi connectivity index (χ4v) is 4.17. The van der Waals surface area contributed by atoms with Gasteiger partial charge in [0.1, 0.15) is 17.2 Å². The van der Waals surface area contributed by atoms with Crippen molar-refractivity contribution in [3.63, 3.8) is 0 Å². The fourth-order valence-electron chi connectivity index (χ4n) is 4.17. The van der Waals surface area contributed by atoms with Gasteiger partial charge in [-0.3, -0.25) is 0 Å². The highest BCUT2D eigenvalue weighted by atomic mass is 16.3. The second-order valence-corrected chi connectivity index (χ2v) is 8.66. The number of nitrogens with one attached hydrogen (secondary N) is 2. The second kappa shape index (κ2) is 8.17. The Morgan fingerprint density at radius 3 is 1.84 bits per heavy atom. The van der Waals surface area contributed by atoms with E-state index in [0.29, 0.717) is 16.5 Å². The summed E-state index contributed by atoms with van der Waals surface area (Å²) in [5.41, 5.74) is 4.47. The number of hydrogen-bond acceptors (Lipinski definition) is 5. The molecule has 4 rings (SSSR count). The van der Waals surface area contributed by atoms with Crippen LogP contribution in [0.5, 0.6) is 17.2 Å². The molecule has 164 valence electrons. The van der Waals surface area contributed by atoms with Crippen molar-refractivity contribution in [2.45, 2.75) is 12.8 Å². The highest BCUT2D eigenvalue weighted by Crippen LogP contribution is 2.45. The molecule has 0 unspecified atom stereocenters. The van der Waals surface area contributed by atoms with Crippen molar-refractivity contribution in [1.82, 2.24) is 19.8 Å². The Bertz CT molecular complexity index is 1240. The van der Waals surface area contributed by atoms with E-state index in [4.69, 9.17) is 0 Å². The molecule has 0 aliphatic carbocycles. The van der Waals surface area contributed by atoms with Gasteiger partial charge in [0.15, 0.2) is 0 Å². The van der Waals surface area contributed by atoms with Crippen molar-refractivity contribution in [2.24, 2.45) is 0 Å². The molecule has 0 bridgehead atoms. The van der Waals surface area contributed by atoms with Crippen LogP contribution in [0.15, 0.2) is 30.6 Å². The monoisotopic (exact) mass is 422 g/mol. The Hall–Kier alpha value is -3.16. The predicted molar refractivity (Wildman–Crippen MR) is 125 cm³/mol. The number of hydrogen-bond donors (Lipinski definition) is 5. The van der Waals surface area contributed by atoms with E-state index in [1.165, 1.54) is 0 Å². The third-order valence-corrected chi connectivity index (χ3v) is 5.83. The normalized spacial score (nSPS) is 12.1. The average molecular weight is 423 g/mol. The first-order valence-corrected chi connectivity index (χ1v) is 10.4. The van der Waals surface area contributed by atoms with Gasteiger partial charge in [-0.25, -0.2) is 0 Å². The summed E-state index contributed by atoms with van der Waals surface area (Å²) in [5, 5.41) is 33.9. The van der Waals surface area contributed by atoms with E-state index in [1.54, 1.807) is 18.2 Å². The lowest BCUT2D eigenvalue weighted by molar-refractivity contribution is 0.414. The summed E-state index contributed by atoms with van der Waals surface area (Å²) in [6, 6.07) is 5.01. The van der Waals surface area contributed by atoms with Crippen LogP contribution in [-0.2, 0) is 12.8 Å². The second-order valence-electron chi connectivity index (χ2n) is 8.66. The van der Waals surface area contributed by atoms with Crippen LogP contribution >= 0.6 is 0 Å². The quantitative estimate of drug-likeness (QED) is 0.293. The number of phenols is 3. The van der Waals surface area contributed by atoms with Crippen molar-refractivity contribution in [1.29, 1.82) is 0 Å². The van der Waals surface area contributed by atoms with Crippen LogP contribution in [0.2, 0.25) is 0 Å². The van der Waals surface area contributed by atoms with Gasteiger partial charge in [-0.05, 0) is 70.4 Å². The summed E-state index contributed by atoms with van der Waals surface area (Å²) in [6.45, 7) is 1.69. The van der Waals surface area contributed by atoms with Gasteiger partial charge in [0.2, 0.25) is 0 Å². The minimum absolute atomic E-state index is 0.0836. The predicted octanol–water partition coefficient (Wildman–Crippen LogP) is 3.64. The van der Waals surface area contributed by atoms with E-state index in [0.717, 1.165) is 53.5 Å². The third-order valence-electron chi connectivity index (χ3n) is 5.83. The zero-order valence-corrected chi connectivity index (χ0v) is 18.5. The number of fused-ring (bicyclic) bond motifs is 2. The Kier molecular flexibility index (Phi) is 5.56. The van der Waals surface area contributed by atoms with Crippen LogP contribution in [0.3, 0.4) is 0 Å². The Morgan fingerprint density at radius 1 is 0.710 bits per heavy atom. The maximum Gasteiger partial charge on any atom is 0.147 e. The molecule has 0 spiro atoms. The molecule has 0 amide bonds. The number of phenolic OH excluding ortho intramolecular Hbond substituents is 3. The first-order chi connectivity index (χ1) is 14.8. The molecule has 0 aliphatic rings.